The number of nitrogens with one attached hydrogen (secondary N) is 1. The molecule has 0 radical (unpaired) electrons. The van der Waals surface area contributed by atoms with Gasteiger partial charge in [0.25, 0.3) is 5.91 Å². The van der Waals surface area contributed by atoms with Crippen LogP contribution in [0, 0.1) is 6.92 Å². The van der Waals surface area contributed by atoms with E-state index < -0.39 is 0 Å². The zero-order valence-corrected chi connectivity index (χ0v) is 10.3. The molecule has 0 aliphatic carbocycles. The van der Waals surface area contributed by atoms with Gasteiger partial charge in [-0.1, -0.05) is 0 Å². The maximum Gasteiger partial charge on any atom is 0.253 e. The minimum atomic E-state index is 0.109. The van der Waals surface area contributed by atoms with Crippen molar-refractivity contribution >= 4 is 5.91 Å². The number of ether oxygens (including phenoxy) is 1. The number of methoxy groups -OCH3 is 1. The largest absolute Gasteiger partial charge is 0.496 e. The number of rotatable bonds is 2. The van der Waals surface area contributed by atoms with Crippen LogP contribution in [0.15, 0.2) is 18.2 Å². The summed E-state index contributed by atoms with van der Waals surface area (Å²) in [6, 6.07) is 5.57. The molecule has 0 atom stereocenters. The molecule has 17 heavy (non-hydrogen) atoms. The summed E-state index contributed by atoms with van der Waals surface area (Å²) in [6.07, 6.45) is 0. The number of piperazine rings is 1. The van der Waals surface area contributed by atoms with E-state index in [1.807, 2.05) is 30.0 Å². The molecule has 1 N–H and O–H groups in total. The summed E-state index contributed by atoms with van der Waals surface area (Å²) in [5.74, 6) is 0.930. The highest BCUT2D eigenvalue weighted by Crippen LogP contribution is 2.19. The quantitative estimate of drug-likeness (QED) is 0.831. The van der Waals surface area contributed by atoms with Gasteiger partial charge in [-0.3, -0.25) is 4.79 Å². The van der Waals surface area contributed by atoms with Crippen LogP contribution >= 0.6 is 0 Å². The maximum atomic E-state index is 12.2. The maximum absolute atomic E-state index is 12.2. The molecule has 1 heterocycles. The van der Waals surface area contributed by atoms with Gasteiger partial charge in [0.15, 0.2) is 0 Å². The second kappa shape index (κ2) is 5.19. The van der Waals surface area contributed by atoms with Crippen molar-refractivity contribution in [3.8, 4) is 5.75 Å². The molecule has 4 nitrogen and oxygen atoms in total. The molecular weight excluding hydrogens is 216 g/mol. The lowest BCUT2D eigenvalue weighted by Crippen LogP contribution is -2.46. The normalized spacial score (nSPS) is 15.8. The lowest BCUT2D eigenvalue weighted by molar-refractivity contribution is 0.0735. The van der Waals surface area contributed by atoms with Crippen LogP contribution in [0.2, 0.25) is 0 Å². The number of carbonyl (C=O) groups is 1. The van der Waals surface area contributed by atoms with Crippen LogP contribution in [0.4, 0.5) is 0 Å². The fraction of sp³-hybridized carbons (Fsp3) is 0.462. The highest BCUT2D eigenvalue weighted by molar-refractivity contribution is 5.94. The Hall–Kier alpha value is -1.55. The predicted octanol–water partition coefficient (Wildman–Crippen LogP) is 1.05. The zero-order valence-electron chi connectivity index (χ0n) is 10.3. The fourth-order valence-electron chi connectivity index (χ4n) is 2.06. The molecule has 0 aromatic heterocycles. The van der Waals surface area contributed by atoms with E-state index in [4.69, 9.17) is 4.74 Å². The highest BCUT2D eigenvalue weighted by atomic mass is 16.5. The second-order valence-corrected chi connectivity index (χ2v) is 4.23. The molecule has 4 heteroatoms. The van der Waals surface area contributed by atoms with Crippen molar-refractivity contribution in [3.05, 3.63) is 29.3 Å². The first-order valence-corrected chi connectivity index (χ1v) is 5.87. The summed E-state index contributed by atoms with van der Waals surface area (Å²) in [5.41, 5.74) is 1.73. The second-order valence-electron chi connectivity index (χ2n) is 4.23. The van der Waals surface area contributed by atoms with E-state index in [0.29, 0.717) is 0 Å². The van der Waals surface area contributed by atoms with Gasteiger partial charge in [0, 0.05) is 31.7 Å². The van der Waals surface area contributed by atoms with Crippen molar-refractivity contribution in [2.45, 2.75) is 6.92 Å². The summed E-state index contributed by atoms with van der Waals surface area (Å²) >= 11 is 0. The third-order valence-corrected chi connectivity index (χ3v) is 3.05. The minimum absolute atomic E-state index is 0.109. The smallest absolute Gasteiger partial charge is 0.253 e. The Labute approximate surface area is 102 Å². The number of aryl methyl sites for hydroxylation is 1. The van der Waals surface area contributed by atoms with Gasteiger partial charge in [0.05, 0.1) is 7.11 Å². The van der Waals surface area contributed by atoms with E-state index in [0.717, 1.165) is 43.1 Å². The van der Waals surface area contributed by atoms with Crippen molar-refractivity contribution in [1.29, 1.82) is 0 Å². The lowest BCUT2D eigenvalue weighted by Gasteiger charge is -2.27. The summed E-state index contributed by atoms with van der Waals surface area (Å²) < 4.78 is 5.19. The Morgan fingerprint density at radius 3 is 2.65 bits per heavy atom. The molecule has 1 saturated heterocycles. The first-order chi connectivity index (χ1) is 8.22. The molecule has 1 fully saturated rings. The molecule has 0 spiro atoms. The van der Waals surface area contributed by atoms with E-state index in [-0.39, 0.29) is 5.91 Å². The third-order valence-electron chi connectivity index (χ3n) is 3.05. The fourth-order valence-corrected chi connectivity index (χ4v) is 2.06. The molecule has 1 aliphatic rings. The zero-order chi connectivity index (χ0) is 12.3. The van der Waals surface area contributed by atoms with E-state index in [1.54, 1.807) is 7.11 Å². The van der Waals surface area contributed by atoms with Crippen molar-refractivity contribution in [3.63, 3.8) is 0 Å². The number of nitrogens with zero attached hydrogens (tertiary/aromatic N) is 1. The van der Waals surface area contributed by atoms with Crippen LogP contribution in [0.1, 0.15) is 15.9 Å². The first-order valence-electron chi connectivity index (χ1n) is 5.87. The Kier molecular flexibility index (Phi) is 3.64. The van der Waals surface area contributed by atoms with Gasteiger partial charge in [-0.2, -0.15) is 0 Å². The Balaban J connectivity index is 2.16. The van der Waals surface area contributed by atoms with Gasteiger partial charge in [0.2, 0.25) is 0 Å². The van der Waals surface area contributed by atoms with E-state index in [1.165, 1.54) is 0 Å². The van der Waals surface area contributed by atoms with Gasteiger partial charge in [-0.15, -0.1) is 0 Å². The number of hydrogen-bond acceptors (Lipinski definition) is 3. The van der Waals surface area contributed by atoms with Crippen molar-refractivity contribution in [2.24, 2.45) is 0 Å². The molecular formula is C13H18N2O2. The molecule has 1 aliphatic heterocycles. The van der Waals surface area contributed by atoms with Crippen molar-refractivity contribution in [1.82, 2.24) is 10.2 Å². The average molecular weight is 234 g/mol. The van der Waals surface area contributed by atoms with Crippen molar-refractivity contribution in [2.75, 3.05) is 33.3 Å². The van der Waals surface area contributed by atoms with Crippen LogP contribution in [-0.4, -0.2) is 44.1 Å². The van der Waals surface area contributed by atoms with E-state index >= 15 is 0 Å². The predicted molar refractivity (Wildman–Crippen MR) is 66.5 cm³/mol. The van der Waals surface area contributed by atoms with Crippen LogP contribution < -0.4 is 10.1 Å². The molecule has 1 aromatic carbocycles. The molecule has 92 valence electrons. The average Bonchev–Trinajstić information content (AvgIpc) is 2.39. The molecule has 0 unspecified atom stereocenters. The van der Waals surface area contributed by atoms with Crippen LogP contribution in [0.3, 0.4) is 0 Å². The van der Waals surface area contributed by atoms with Gasteiger partial charge >= 0.3 is 0 Å². The lowest BCUT2D eigenvalue weighted by atomic mass is 10.1. The Morgan fingerprint density at radius 1 is 1.35 bits per heavy atom. The van der Waals surface area contributed by atoms with Gasteiger partial charge in [-0.25, -0.2) is 0 Å². The Morgan fingerprint density at radius 2 is 2.06 bits per heavy atom. The number of amides is 1. The topological polar surface area (TPSA) is 41.6 Å². The van der Waals surface area contributed by atoms with Crippen LogP contribution in [0.25, 0.3) is 0 Å². The molecule has 1 aromatic rings. The molecule has 1 amide bonds. The Bertz CT molecular complexity index is 412. The number of benzene rings is 1. The number of carbonyl (C=O) groups excluding carboxylic acids is 1. The number of hydrogen-bond donors (Lipinski definition) is 1. The van der Waals surface area contributed by atoms with Crippen LogP contribution in [-0.2, 0) is 0 Å². The van der Waals surface area contributed by atoms with Gasteiger partial charge in [-0.05, 0) is 30.7 Å². The third kappa shape index (κ3) is 2.58. The molecule has 2 rings (SSSR count). The van der Waals surface area contributed by atoms with Crippen molar-refractivity contribution < 1.29 is 9.53 Å². The van der Waals surface area contributed by atoms with E-state index in [2.05, 4.69) is 5.32 Å². The standard InChI is InChI=1S/C13H18N2O2/c1-10-9-11(3-4-12(10)17-2)13(16)15-7-5-14-6-8-15/h3-4,9,14H,5-8H2,1-2H3. The summed E-state index contributed by atoms with van der Waals surface area (Å²) in [7, 11) is 1.64. The first kappa shape index (κ1) is 11.9. The summed E-state index contributed by atoms with van der Waals surface area (Å²) in [4.78, 5) is 14.1. The highest BCUT2D eigenvalue weighted by Gasteiger charge is 2.18. The van der Waals surface area contributed by atoms with Gasteiger partial charge < -0.3 is 15.0 Å². The summed E-state index contributed by atoms with van der Waals surface area (Å²) in [5, 5.41) is 3.24. The van der Waals surface area contributed by atoms with Gasteiger partial charge in [0.1, 0.15) is 5.75 Å². The van der Waals surface area contributed by atoms with E-state index in [9.17, 15) is 4.79 Å². The molecule has 0 saturated carbocycles. The monoisotopic (exact) mass is 234 g/mol. The van der Waals surface area contributed by atoms with Crippen LogP contribution in [0.5, 0.6) is 5.75 Å². The summed E-state index contributed by atoms with van der Waals surface area (Å²) in [6.45, 7) is 5.27. The SMILES string of the molecule is COc1ccc(C(=O)N2CCNCC2)cc1C. The minimum Gasteiger partial charge on any atom is -0.496 e. The molecule has 0 bridgehead atoms.